The summed E-state index contributed by atoms with van der Waals surface area (Å²) in [5.41, 5.74) is 1.70. The summed E-state index contributed by atoms with van der Waals surface area (Å²) in [4.78, 5) is 18.7. The molecule has 2 N–H and O–H groups in total. The lowest BCUT2D eigenvalue weighted by molar-refractivity contribution is -0.138. The number of nitrogens with one attached hydrogen (secondary N) is 2. The Balaban J connectivity index is 1.92. The van der Waals surface area contributed by atoms with Crippen LogP contribution in [-0.2, 0) is 6.18 Å². The van der Waals surface area contributed by atoms with Crippen molar-refractivity contribution in [1.29, 1.82) is 5.26 Å². The molecule has 0 bridgehead atoms. The first-order chi connectivity index (χ1) is 13.8. The third-order valence-electron chi connectivity index (χ3n) is 3.79. The molecule has 0 aliphatic heterocycles. The molecule has 0 radical (unpaired) electrons. The van der Waals surface area contributed by atoms with Crippen molar-refractivity contribution in [1.82, 2.24) is 9.97 Å². The second-order valence-electron chi connectivity index (χ2n) is 5.69. The molecule has 0 aliphatic carbocycles. The number of hydrogen-bond acceptors (Lipinski definition) is 5. The van der Waals surface area contributed by atoms with Gasteiger partial charge in [0.25, 0.3) is 5.56 Å². The van der Waals surface area contributed by atoms with Gasteiger partial charge in [-0.15, -0.1) is 0 Å². The van der Waals surface area contributed by atoms with Crippen LogP contribution in [0.2, 0.25) is 0 Å². The van der Waals surface area contributed by atoms with Crippen LogP contribution in [0.3, 0.4) is 0 Å². The van der Waals surface area contributed by atoms with Crippen molar-refractivity contribution in [2.24, 2.45) is 5.10 Å². The summed E-state index contributed by atoms with van der Waals surface area (Å²) in [6.45, 7) is 0. The van der Waals surface area contributed by atoms with Crippen LogP contribution in [0.5, 0.6) is 0 Å². The number of halogens is 4. The zero-order valence-electron chi connectivity index (χ0n) is 14.5. The van der Waals surface area contributed by atoms with E-state index in [1.807, 2.05) is 6.07 Å². The Kier molecular flexibility index (Phi) is 5.79. The lowest BCUT2D eigenvalue weighted by Crippen LogP contribution is -2.16. The number of H-pyrrole nitrogens is 1. The van der Waals surface area contributed by atoms with Gasteiger partial charge in [0.05, 0.1) is 17.5 Å². The third kappa shape index (κ3) is 4.52. The van der Waals surface area contributed by atoms with Crippen LogP contribution < -0.4 is 11.0 Å². The van der Waals surface area contributed by atoms with Gasteiger partial charge >= 0.3 is 6.18 Å². The highest BCUT2D eigenvalue weighted by Crippen LogP contribution is 2.35. The molecule has 0 saturated carbocycles. The Morgan fingerprint density at radius 2 is 1.90 bits per heavy atom. The standard InChI is InChI=1S/C19H11BrF3N5O/c20-15-12(7-4-8-14(15)19(21,22)23)10-25-28-18-26-16(11-5-2-1-3-6-11)13(9-24)17(29)27-18/h1-8,10H,(H2,26,27,28,29). The van der Waals surface area contributed by atoms with E-state index in [9.17, 15) is 23.2 Å². The molecule has 146 valence electrons. The van der Waals surface area contributed by atoms with Crippen LogP contribution in [0.4, 0.5) is 19.1 Å². The fraction of sp³-hybridized carbons (Fsp3) is 0.0526. The number of rotatable bonds is 4. The summed E-state index contributed by atoms with van der Waals surface area (Å²) in [7, 11) is 0. The van der Waals surface area contributed by atoms with Gasteiger partial charge in [0.1, 0.15) is 11.6 Å². The molecule has 0 unspecified atom stereocenters. The molecule has 29 heavy (non-hydrogen) atoms. The van der Waals surface area contributed by atoms with Crippen LogP contribution in [0.25, 0.3) is 11.3 Å². The van der Waals surface area contributed by atoms with Crippen molar-refractivity contribution < 1.29 is 13.2 Å². The quantitative estimate of drug-likeness (QED) is 0.440. The van der Waals surface area contributed by atoms with E-state index in [0.29, 0.717) is 5.56 Å². The number of alkyl halides is 3. The Morgan fingerprint density at radius 3 is 2.55 bits per heavy atom. The molecule has 0 amide bonds. The Morgan fingerprint density at radius 1 is 1.17 bits per heavy atom. The summed E-state index contributed by atoms with van der Waals surface area (Å²) in [5, 5.41) is 13.1. The van der Waals surface area contributed by atoms with Gasteiger partial charge in [-0.25, -0.2) is 10.4 Å². The van der Waals surface area contributed by atoms with Crippen molar-refractivity contribution in [2.45, 2.75) is 6.18 Å². The molecule has 0 atom stereocenters. The van der Waals surface area contributed by atoms with Crippen LogP contribution in [0, 0.1) is 11.3 Å². The SMILES string of the molecule is N#Cc1c(-c2ccccc2)nc(NN=Cc2cccc(C(F)(F)F)c2Br)[nH]c1=O. The van der Waals surface area contributed by atoms with Gasteiger partial charge in [0.2, 0.25) is 5.95 Å². The fourth-order valence-electron chi connectivity index (χ4n) is 2.47. The average Bonchev–Trinajstić information content (AvgIpc) is 2.68. The summed E-state index contributed by atoms with van der Waals surface area (Å²) in [5.74, 6) is -0.0628. The number of hydrazone groups is 1. The van der Waals surface area contributed by atoms with E-state index in [2.05, 4.69) is 36.4 Å². The third-order valence-corrected chi connectivity index (χ3v) is 4.67. The summed E-state index contributed by atoms with van der Waals surface area (Å²) < 4.78 is 38.8. The van der Waals surface area contributed by atoms with E-state index in [1.165, 1.54) is 12.1 Å². The van der Waals surface area contributed by atoms with E-state index in [4.69, 9.17) is 0 Å². The summed E-state index contributed by atoms with van der Waals surface area (Å²) in [6.07, 6.45) is -3.36. The molecule has 1 aromatic heterocycles. The Hall–Kier alpha value is -3.45. The number of hydrogen-bond donors (Lipinski definition) is 2. The minimum atomic E-state index is -4.51. The van der Waals surface area contributed by atoms with E-state index in [-0.39, 0.29) is 27.2 Å². The Labute approximate surface area is 170 Å². The molecule has 6 nitrogen and oxygen atoms in total. The van der Waals surface area contributed by atoms with E-state index < -0.39 is 17.3 Å². The van der Waals surface area contributed by atoms with Crippen molar-refractivity contribution in [3.63, 3.8) is 0 Å². The molecule has 3 aromatic rings. The van der Waals surface area contributed by atoms with Gasteiger partial charge in [-0.3, -0.25) is 9.78 Å². The lowest BCUT2D eigenvalue weighted by atomic mass is 10.1. The smallest absolute Gasteiger partial charge is 0.290 e. The van der Waals surface area contributed by atoms with E-state index in [1.54, 1.807) is 30.3 Å². The highest BCUT2D eigenvalue weighted by atomic mass is 79.9. The van der Waals surface area contributed by atoms with Crippen LogP contribution in [0.1, 0.15) is 16.7 Å². The zero-order chi connectivity index (χ0) is 21.0. The second kappa shape index (κ2) is 8.28. The maximum Gasteiger partial charge on any atom is 0.417 e. The van der Waals surface area contributed by atoms with Crippen molar-refractivity contribution in [2.75, 3.05) is 5.43 Å². The van der Waals surface area contributed by atoms with E-state index >= 15 is 0 Å². The van der Waals surface area contributed by atoms with Gasteiger partial charge in [-0.2, -0.15) is 23.5 Å². The number of aromatic nitrogens is 2. The predicted molar refractivity (Wildman–Crippen MR) is 105 cm³/mol. The van der Waals surface area contributed by atoms with Crippen molar-refractivity contribution in [3.8, 4) is 17.3 Å². The molecular formula is C19H11BrF3N5O. The molecule has 0 spiro atoms. The molecule has 2 aromatic carbocycles. The maximum atomic E-state index is 13.0. The highest BCUT2D eigenvalue weighted by molar-refractivity contribution is 9.10. The predicted octanol–water partition coefficient (Wildman–Crippen LogP) is 4.54. The topological polar surface area (TPSA) is 93.9 Å². The van der Waals surface area contributed by atoms with Crippen LogP contribution in [-0.4, -0.2) is 16.2 Å². The highest BCUT2D eigenvalue weighted by Gasteiger charge is 2.33. The van der Waals surface area contributed by atoms with Gasteiger partial charge in [-0.05, 0) is 22.0 Å². The lowest BCUT2D eigenvalue weighted by Gasteiger charge is -2.10. The fourth-order valence-corrected chi connectivity index (χ4v) is 3.06. The number of benzene rings is 2. The molecule has 0 fully saturated rings. The molecule has 0 saturated heterocycles. The van der Waals surface area contributed by atoms with E-state index in [0.717, 1.165) is 12.3 Å². The average molecular weight is 462 g/mol. The van der Waals surface area contributed by atoms with Crippen LogP contribution >= 0.6 is 15.9 Å². The first-order valence-corrected chi connectivity index (χ1v) is 8.85. The molecular weight excluding hydrogens is 451 g/mol. The summed E-state index contributed by atoms with van der Waals surface area (Å²) >= 11 is 2.93. The minimum absolute atomic E-state index is 0.0628. The maximum absolute atomic E-state index is 13.0. The zero-order valence-corrected chi connectivity index (χ0v) is 16.0. The summed E-state index contributed by atoms with van der Waals surface area (Å²) in [6, 6.07) is 14.1. The molecule has 3 rings (SSSR count). The van der Waals surface area contributed by atoms with Gasteiger partial charge in [0.15, 0.2) is 0 Å². The van der Waals surface area contributed by atoms with Crippen molar-refractivity contribution >= 4 is 28.1 Å². The Bertz CT molecular complexity index is 1170. The normalized spacial score (nSPS) is 11.4. The van der Waals surface area contributed by atoms with Crippen molar-refractivity contribution in [3.05, 3.63) is 80.0 Å². The number of anilines is 1. The number of nitrogens with zero attached hydrogens (tertiary/aromatic N) is 3. The van der Waals surface area contributed by atoms with Gasteiger partial charge in [0, 0.05) is 15.6 Å². The molecule has 1 heterocycles. The first kappa shape index (κ1) is 20.3. The van der Waals surface area contributed by atoms with Gasteiger partial charge in [-0.1, -0.05) is 42.5 Å². The molecule has 0 aliphatic rings. The van der Waals surface area contributed by atoms with Gasteiger partial charge < -0.3 is 0 Å². The number of aromatic amines is 1. The number of nitriles is 1. The minimum Gasteiger partial charge on any atom is -0.290 e. The second-order valence-corrected chi connectivity index (χ2v) is 6.49. The monoisotopic (exact) mass is 461 g/mol. The first-order valence-electron chi connectivity index (χ1n) is 8.06. The largest absolute Gasteiger partial charge is 0.417 e. The molecule has 10 heteroatoms. The van der Waals surface area contributed by atoms with Crippen LogP contribution in [0.15, 0.2) is 62.9 Å².